The molecule has 0 saturated heterocycles. The lowest BCUT2D eigenvalue weighted by Gasteiger charge is -2.36. The van der Waals surface area contributed by atoms with Crippen molar-refractivity contribution in [3.05, 3.63) is 29.3 Å². The molecule has 0 bridgehead atoms. The van der Waals surface area contributed by atoms with Crippen LogP contribution in [0.15, 0.2) is 18.2 Å². The zero-order chi connectivity index (χ0) is 15.8. The van der Waals surface area contributed by atoms with Crippen molar-refractivity contribution in [1.29, 1.82) is 0 Å². The highest BCUT2D eigenvalue weighted by Gasteiger charge is 2.60. The number of aldehydes is 1. The van der Waals surface area contributed by atoms with E-state index in [-0.39, 0.29) is 5.56 Å². The van der Waals surface area contributed by atoms with Crippen LogP contribution >= 0.6 is 0 Å². The summed E-state index contributed by atoms with van der Waals surface area (Å²) in [5.74, 6) is -1.65. The van der Waals surface area contributed by atoms with E-state index in [2.05, 4.69) is 0 Å². The summed E-state index contributed by atoms with van der Waals surface area (Å²) in [6.07, 6.45) is -4.85. The first-order chi connectivity index (χ1) is 9.72. The molecule has 1 aliphatic heterocycles. The molecule has 6 heteroatoms. The number of aliphatic hydroxyl groups is 1. The first-order valence-corrected chi connectivity index (χ1v) is 6.72. The molecule has 0 radical (unpaired) electrons. The van der Waals surface area contributed by atoms with Gasteiger partial charge in [0.05, 0.1) is 6.61 Å². The van der Waals surface area contributed by atoms with Gasteiger partial charge in [0.2, 0.25) is 5.60 Å². The van der Waals surface area contributed by atoms with Crippen molar-refractivity contribution in [3.63, 3.8) is 0 Å². The Kier molecular flexibility index (Phi) is 4.02. The molecule has 1 aromatic rings. The summed E-state index contributed by atoms with van der Waals surface area (Å²) in [5, 5.41) is 10.0. The Hall–Kier alpha value is -1.56. The van der Waals surface area contributed by atoms with Crippen LogP contribution in [0.1, 0.15) is 30.9 Å². The van der Waals surface area contributed by atoms with Gasteiger partial charge in [0.1, 0.15) is 5.75 Å². The topological polar surface area (TPSA) is 46.5 Å². The van der Waals surface area contributed by atoms with E-state index >= 15 is 0 Å². The fourth-order valence-corrected chi connectivity index (χ4v) is 2.91. The summed E-state index contributed by atoms with van der Waals surface area (Å²) in [6.45, 7) is 3.47. The quantitative estimate of drug-likeness (QED) is 0.870. The van der Waals surface area contributed by atoms with Gasteiger partial charge in [-0.3, -0.25) is 4.79 Å². The third-order valence-electron chi connectivity index (χ3n) is 3.85. The number of carbonyl (C=O) groups excluding carboxylic acids is 1. The number of ether oxygens (including phenoxy) is 1. The standard InChI is InChI=1S/C15H17F3O3/c1-9(2)12(14(20,8-19)15(16,17)18)11-5-3-4-10-6-7-21-13(10)11/h3-5,8-9,12,20H,6-7H2,1-2H3. The minimum atomic E-state index is -5.05. The fourth-order valence-electron chi connectivity index (χ4n) is 2.91. The molecule has 0 aromatic heterocycles. The molecule has 0 spiro atoms. The molecule has 0 amide bonds. The third-order valence-corrected chi connectivity index (χ3v) is 3.85. The van der Waals surface area contributed by atoms with Crippen molar-refractivity contribution in [2.24, 2.45) is 5.92 Å². The summed E-state index contributed by atoms with van der Waals surface area (Å²) in [4.78, 5) is 11.1. The molecule has 0 aliphatic carbocycles. The second-order valence-electron chi connectivity index (χ2n) is 5.60. The first kappa shape index (κ1) is 15.8. The molecule has 2 rings (SSSR count). The number of carbonyl (C=O) groups is 1. The molecular formula is C15H17F3O3. The number of rotatable bonds is 4. The smallest absolute Gasteiger partial charge is 0.424 e. The highest BCUT2D eigenvalue weighted by Crippen LogP contribution is 2.48. The number of fused-ring (bicyclic) bond motifs is 1. The Balaban J connectivity index is 2.60. The van der Waals surface area contributed by atoms with Crippen LogP contribution in [0.5, 0.6) is 5.75 Å². The molecule has 3 nitrogen and oxygen atoms in total. The third kappa shape index (κ3) is 2.52. The van der Waals surface area contributed by atoms with Crippen LogP contribution < -0.4 is 4.74 Å². The van der Waals surface area contributed by atoms with Gasteiger partial charge in [-0.15, -0.1) is 0 Å². The van der Waals surface area contributed by atoms with Crippen molar-refractivity contribution >= 4 is 6.29 Å². The van der Waals surface area contributed by atoms with Crippen molar-refractivity contribution in [2.45, 2.75) is 38.0 Å². The van der Waals surface area contributed by atoms with Crippen LogP contribution in [0.3, 0.4) is 0 Å². The monoisotopic (exact) mass is 302 g/mol. The van der Waals surface area contributed by atoms with E-state index in [4.69, 9.17) is 4.74 Å². The van der Waals surface area contributed by atoms with Gasteiger partial charge in [-0.25, -0.2) is 0 Å². The Labute approximate surface area is 120 Å². The summed E-state index contributed by atoms with van der Waals surface area (Å²) in [5.41, 5.74) is -2.40. The summed E-state index contributed by atoms with van der Waals surface area (Å²) in [6, 6.07) is 4.88. The average Bonchev–Trinajstić information content (AvgIpc) is 2.86. The lowest BCUT2D eigenvalue weighted by molar-refractivity contribution is -0.255. The molecule has 21 heavy (non-hydrogen) atoms. The van der Waals surface area contributed by atoms with E-state index in [0.717, 1.165) is 5.56 Å². The van der Waals surface area contributed by atoms with E-state index in [1.165, 1.54) is 6.07 Å². The summed E-state index contributed by atoms with van der Waals surface area (Å²) >= 11 is 0. The maximum absolute atomic E-state index is 13.2. The van der Waals surface area contributed by atoms with Gasteiger partial charge in [0.25, 0.3) is 0 Å². The van der Waals surface area contributed by atoms with Crippen LogP contribution in [0.25, 0.3) is 0 Å². The van der Waals surface area contributed by atoms with Gasteiger partial charge in [0.15, 0.2) is 6.29 Å². The highest BCUT2D eigenvalue weighted by molar-refractivity contribution is 5.67. The zero-order valence-corrected chi connectivity index (χ0v) is 11.8. The number of benzene rings is 1. The minimum absolute atomic E-state index is 0.229. The van der Waals surface area contributed by atoms with E-state index in [1.807, 2.05) is 0 Å². The number of halogens is 3. The Bertz CT molecular complexity index is 539. The molecule has 1 aliphatic rings. The summed E-state index contributed by atoms with van der Waals surface area (Å²) < 4.78 is 45.1. The van der Waals surface area contributed by atoms with E-state index in [0.29, 0.717) is 18.8 Å². The van der Waals surface area contributed by atoms with Crippen molar-refractivity contribution in [1.82, 2.24) is 0 Å². The number of hydrogen-bond donors (Lipinski definition) is 1. The Morgan fingerprint density at radius 1 is 1.33 bits per heavy atom. The Morgan fingerprint density at radius 3 is 2.52 bits per heavy atom. The molecule has 1 N–H and O–H groups in total. The van der Waals surface area contributed by atoms with Gasteiger partial charge < -0.3 is 9.84 Å². The molecule has 2 unspecified atom stereocenters. The predicted octanol–water partition coefficient (Wildman–Crippen LogP) is 2.85. The zero-order valence-electron chi connectivity index (χ0n) is 11.8. The number of alkyl halides is 3. The maximum atomic E-state index is 13.2. The van der Waals surface area contributed by atoms with Crippen molar-refractivity contribution in [2.75, 3.05) is 6.61 Å². The van der Waals surface area contributed by atoms with Crippen LogP contribution in [-0.2, 0) is 11.2 Å². The second kappa shape index (κ2) is 5.33. The molecule has 2 atom stereocenters. The molecular weight excluding hydrogens is 285 g/mol. The minimum Gasteiger partial charge on any atom is -0.493 e. The molecule has 1 heterocycles. The van der Waals surface area contributed by atoms with Crippen molar-refractivity contribution in [3.8, 4) is 5.75 Å². The number of hydrogen-bond acceptors (Lipinski definition) is 3. The van der Waals surface area contributed by atoms with Gasteiger partial charge in [-0.1, -0.05) is 32.0 Å². The number of para-hydroxylation sites is 1. The highest BCUT2D eigenvalue weighted by atomic mass is 19.4. The molecule has 0 saturated carbocycles. The second-order valence-corrected chi connectivity index (χ2v) is 5.60. The first-order valence-electron chi connectivity index (χ1n) is 6.72. The largest absolute Gasteiger partial charge is 0.493 e. The average molecular weight is 302 g/mol. The van der Waals surface area contributed by atoms with Gasteiger partial charge in [0, 0.05) is 17.9 Å². The molecule has 0 fully saturated rings. The van der Waals surface area contributed by atoms with Crippen LogP contribution in [-0.4, -0.2) is 29.8 Å². The normalized spacial score (nSPS) is 18.8. The van der Waals surface area contributed by atoms with Gasteiger partial charge in [-0.05, 0) is 11.5 Å². The summed E-state index contributed by atoms with van der Waals surface area (Å²) in [7, 11) is 0. The predicted molar refractivity (Wildman–Crippen MR) is 70.3 cm³/mol. The van der Waals surface area contributed by atoms with E-state index in [1.54, 1.807) is 26.0 Å². The van der Waals surface area contributed by atoms with Gasteiger partial charge in [-0.2, -0.15) is 13.2 Å². The molecule has 116 valence electrons. The van der Waals surface area contributed by atoms with Crippen LogP contribution in [0, 0.1) is 5.92 Å². The van der Waals surface area contributed by atoms with Crippen LogP contribution in [0.2, 0.25) is 0 Å². The molecule has 1 aromatic carbocycles. The van der Waals surface area contributed by atoms with E-state index in [9.17, 15) is 23.1 Å². The van der Waals surface area contributed by atoms with Crippen LogP contribution in [0.4, 0.5) is 13.2 Å². The van der Waals surface area contributed by atoms with Gasteiger partial charge >= 0.3 is 6.18 Å². The SMILES string of the molecule is CC(C)C(c1cccc2c1OCC2)C(O)(C=O)C(F)(F)F. The fraction of sp³-hybridized carbons (Fsp3) is 0.533. The van der Waals surface area contributed by atoms with Crippen molar-refractivity contribution < 1.29 is 27.8 Å². The van der Waals surface area contributed by atoms with E-state index < -0.39 is 29.9 Å². The lowest BCUT2D eigenvalue weighted by Crippen LogP contribution is -2.53. The lowest BCUT2D eigenvalue weighted by atomic mass is 9.74. The Morgan fingerprint density at radius 2 is 2.00 bits per heavy atom. The maximum Gasteiger partial charge on any atom is 0.424 e.